The number of pyridine rings is 1. The molecule has 0 N–H and O–H groups in total. The van der Waals surface area contributed by atoms with Gasteiger partial charge in [0, 0.05) is 11.8 Å². The SMILES string of the molecule is FC(F)(F)c1ccc(-c2ncc3ccccn23)cc1. The molecule has 5 heteroatoms. The molecule has 2 heterocycles. The van der Waals surface area contributed by atoms with Gasteiger partial charge in [-0.1, -0.05) is 18.2 Å². The molecule has 0 unspecified atom stereocenters. The summed E-state index contributed by atoms with van der Waals surface area (Å²) in [5, 5.41) is 0. The standard InChI is InChI=1S/C14H9F3N2/c15-14(16,17)11-6-4-10(5-7-11)13-18-9-12-3-1-2-8-19(12)13/h1-9H. The highest BCUT2D eigenvalue weighted by molar-refractivity contribution is 5.62. The number of benzene rings is 1. The topological polar surface area (TPSA) is 17.3 Å². The number of halogens is 3. The Hall–Kier alpha value is -2.30. The minimum atomic E-state index is -4.31. The average molecular weight is 262 g/mol. The van der Waals surface area contributed by atoms with Crippen LogP contribution in [-0.4, -0.2) is 9.38 Å². The van der Waals surface area contributed by atoms with Gasteiger partial charge in [-0.05, 0) is 24.3 Å². The van der Waals surface area contributed by atoms with Crippen LogP contribution < -0.4 is 0 Å². The van der Waals surface area contributed by atoms with Crippen molar-refractivity contribution in [3.05, 3.63) is 60.4 Å². The van der Waals surface area contributed by atoms with Gasteiger partial charge in [-0.15, -0.1) is 0 Å². The van der Waals surface area contributed by atoms with E-state index in [0.29, 0.717) is 11.4 Å². The molecule has 0 saturated carbocycles. The van der Waals surface area contributed by atoms with E-state index in [2.05, 4.69) is 4.98 Å². The van der Waals surface area contributed by atoms with Crippen molar-refractivity contribution in [2.75, 3.05) is 0 Å². The largest absolute Gasteiger partial charge is 0.416 e. The van der Waals surface area contributed by atoms with E-state index in [-0.39, 0.29) is 0 Å². The zero-order chi connectivity index (χ0) is 13.5. The first-order chi connectivity index (χ1) is 9.05. The lowest BCUT2D eigenvalue weighted by atomic mass is 10.1. The second-order valence-electron chi connectivity index (χ2n) is 4.15. The molecule has 19 heavy (non-hydrogen) atoms. The Morgan fingerprint density at radius 1 is 0.947 bits per heavy atom. The van der Waals surface area contributed by atoms with Gasteiger partial charge in [0.15, 0.2) is 0 Å². The van der Waals surface area contributed by atoms with Crippen molar-refractivity contribution in [1.82, 2.24) is 9.38 Å². The van der Waals surface area contributed by atoms with Gasteiger partial charge in [0.25, 0.3) is 0 Å². The highest BCUT2D eigenvalue weighted by Gasteiger charge is 2.30. The normalized spacial score (nSPS) is 11.9. The summed E-state index contributed by atoms with van der Waals surface area (Å²) < 4.78 is 39.3. The molecule has 0 amide bonds. The molecule has 2 aromatic heterocycles. The van der Waals surface area contributed by atoms with E-state index >= 15 is 0 Å². The second-order valence-corrected chi connectivity index (χ2v) is 4.15. The fourth-order valence-corrected chi connectivity index (χ4v) is 1.97. The number of rotatable bonds is 1. The Labute approximate surface area is 107 Å². The van der Waals surface area contributed by atoms with Gasteiger partial charge in [-0.3, -0.25) is 4.40 Å². The number of nitrogens with zero attached hydrogens (tertiary/aromatic N) is 2. The second kappa shape index (κ2) is 4.12. The summed E-state index contributed by atoms with van der Waals surface area (Å²) in [7, 11) is 0. The summed E-state index contributed by atoms with van der Waals surface area (Å²) in [6.45, 7) is 0. The maximum Gasteiger partial charge on any atom is 0.416 e. The molecule has 0 saturated heterocycles. The van der Waals surface area contributed by atoms with E-state index in [9.17, 15) is 13.2 Å². The zero-order valence-corrected chi connectivity index (χ0v) is 9.72. The van der Waals surface area contributed by atoms with Crippen LogP contribution in [0.3, 0.4) is 0 Å². The molecule has 0 aliphatic heterocycles. The summed E-state index contributed by atoms with van der Waals surface area (Å²) in [4.78, 5) is 4.24. The summed E-state index contributed by atoms with van der Waals surface area (Å²) in [5.74, 6) is 0.629. The maximum absolute atomic E-state index is 12.5. The van der Waals surface area contributed by atoms with Gasteiger partial charge in [0.2, 0.25) is 0 Å². The van der Waals surface area contributed by atoms with Gasteiger partial charge in [-0.25, -0.2) is 4.98 Å². The van der Waals surface area contributed by atoms with Crippen LogP contribution in [0.1, 0.15) is 5.56 Å². The van der Waals surface area contributed by atoms with E-state index in [1.807, 2.05) is 28.8 Å². The molecule has 0 fully saturated rings. The number of aromatic nitrogens is 2. The highest BCUT2D eigenvalue weighted by Crippen LogP contribution is 2.30. The van der Waals surface area contributed by atoms with Gasteiger partial charge in [-0.2, -0.15) is 13.2 Å². The highest BCUT2D eigenvalue weighted by atomic mass is 19.4. The molecular formula is C14H9F3N2. The smallest absolute Gasteiger partial charge is 0.300 e. The predicted octanol–water partition coefficient (Wildman–Crippen LogP) is 4.02. The molecule has 96 valence electrons. The van der Waals surface area contributed by atoms with Crippen molar-refractivity contribution in [3.63, 3.8) is 0 Å². The van der Waals surface area contributed by atoms with Gasteiger partial charge in [0.05, 0.1) is 17.3 Å². The molecule has 2 nitrogen and oxygen atoms in total. The summed E-state index contributed by atoms with van der Waals surface area (Å²) in [6, 6.07) is 10.6. The molecule has 3 rings (SSSR count). The van der Waals surface area contributed by atoms with Crippen LogP contribution in [0.5, 0.6) is 0 Å². The van der Waals surface area contributed by atoms with Gasteiger partial charge in [0.1, 0.15) is 5.82 Å². The summed E-state index contributed by atoms with van der Waals surface area (Å²) in [6.07, 6.45) is -0.796. The quantitative estimate of drug-likeness (QED) is 0.647. The van der Waals surface area contributed by atoms with Crippen molar-refractivity contribution in [3.8, 4) is 11.4 Å². The number of hydrogen-bond acceptors (Lipinski definition) is 1. The first kappa shape index (κ1) is 11.8. The third-order valence-electron chi connectivity index (χ3n) is 2.91. The van der Waals surface area contributed by atoms with Crippen LogP contribution in [0.25, 0.3) is 16.9 Å². The van der Waals surface area contributed by atoms with Crippen molar-refractivity contribution < 1.29 is 13.2 Å². The molecular weight excluding hydrogens is 253 g/mol. The Kier molecular flexibility index (Phi) is 2.55. The molecule has 0 spiro atoms. The van der Waals surface area contributed by atoms with E-state index in [0.717, 1.165) is 17.6 Å². The molecule has 0 bridgehead atoms. The molecule has 0 atom stereocenters. The number of hydrogen-bond donors (Lipinski definition) is 0. The first-order valence-corrected chi connectivity index (χ1v) is 5.65. The predicted molar refractivity (Wildman–Crippen MR) is 65.6 cm³/mol. The van der Waals surface area contributed by atoms with Crippen molar-refractivity contribution in [1.29, 1.82) is 0 Å². The maximum atomic E-state index is 12.5. The molecule has 3 aromatic rings. The average Bonchev–Trinajstić information content (AvgIpc) is 2.82. The fourth-order valence-electron chi connectivity index (χ4n) is 1.97. The number of alkyl halides is 3. The third-order valence-corrected chi connectivity index (χ3v) is 2.91. The van der Waals surface area contributed by atoms with Crippen LogP contribution in [0.4, 0.5) is 13.2 Å². The van der Waals surface area contributed by atoms with Crippen LogP contribution in [-0.2, 0) is 6.18 Å². The minimum absolute atomic E-state index is 0.629. The van der Waals surface area contributed by atoms with Crippen LogP contribution >= 0.6 is 0 Å². The van der Waals surface area contributed by atoms with E-state index in [4.69, 9.17) is 0 Å². The number of imidazole rings is 1. The Morgan fingerprint density at radius 2 is 1.68 bits per heavy atom. The van der Waals surface area contributed by atoms with Crippen molar-refractivity contribution in [2.45, 2.75) is 6.18 Å². The molecule has 0 aliphatic rings. The van der Waals surface area contributed by atoms with E-state index in [1.54, 1.807) is 6.20 Å². The van der Waals surface area contributed by atoms with E-state index in [1.165, 1.54) is 12.1 Å². The summed E-state index contributed by atoms with van der Waals surface area (Å²) in [5.41, 5.74) is 0.897. The Morgan fingerprint density at radius 3 is 2.37 bits per heavy atom. The molecule has 0 aliphatic carbocycles. The summed E-state index contributed by atoms with van der Waals surface area (Å²) >= 11 is 0. The van der Waals surface area contributed by atoms with E-state index < -0.39 is 11.7 Å². The first-order valence-electron chi connectivity index (χ1n) is 5.65. The zero-order valence-electron chi connectivity index (χ0n) is 9.72. The molecule has 0 radical (unpaired) electrons. The van der Waals surface area contributed by atoms with Crippen LogP contribution in [0.15, 0.2) is 54.9 Å². The van der Waals surface area contributed by atoms with Gasteiger partial charge < -0.3 is 0 Å². The lowest BCUT2D eigenvalue weighted by Gasteiger charge is -2.07. The third kappa shape index (κ3) is 2.07. The monoisotopic (exact) mass is 262 g/mol. The van der Waals surface area contributed by atoms with Crippen LogP contribution in [0, 0.1) is 0 Å². The van der Waals surface area contributed by atoms with Crippen LogP contribution in [0.2, 0.25) is 0 Å². The van der Waals surface area contributed by atoms with Crippen molar-refractivity contribution >= 4 is 5.52 Å². The Balaban J connectivity index is 2.07. The number of fused-ring (bicyclic) bond motifs is 1. The minimum Gasteiger partial charge on any atom is -0.300 e. The fraction of sp³-hybridized carbons (Fsp3) is 0.0714. The Bertz CT molecular complexity index is 711. The lowest BCUT2D eigenvalue weighted by Crippen LogP contribution is -2.04. The lowest BCUT2D eigenvalue weighted by molar-refractivity contribution is -0.137. The van der Waals surface area contributed by atoms with Crippen molar-refractivity contribution in [2.24, 2.45) is 0 Å². The van der Waals surface area contributed by atoms with Gasteiger partial charge >= 0.3 is 6.18 Å². The molecule has 1 aromatic carbocycles.